The zero-order valence-electron chi connectivity index (χ0n) is 12.3. The highest BCUT2D eigenvalue weighted by Crippen LogP contribution is 2.32. The Morgan fingerprint density at radius 3 is 2.75 bits per heavy atom. The molecule has 0 spiro atoms. The van der Waals surface area contributed by atoms with E-state index in [0.717, 1.165) is 18.7 Å². The molecule has 2 heterocycles. The van der Waals surface area contributed by atoms with E-state index in [1.54, 1.807) is 0 Å². The molecule has 0 aliphatic carbocycles. The van der Waals surface area contributed by atoms with E-state index in [1.807, 2.05) is 11.0 Å². The lowest BCUT2D eigenvalue weighted by atomic mass is 10.1. The fourth-order valence-electron chi connectivity index (χ4n) is 3.50. The van der Waals surface area contributed by atoms with Crippen LogP contribution in [-0.2, 0) is 11.2 Å². The van der Waals surface area contributed by atoms with E-state index in [2.05, 4.69) is 30.0 Å². The lowest BCUT2D eigenvalue weighted by Gasteiger charge is -2.28. The Bertz CT molecular complexity index is 480. The van der Waals surface area contributed by atoms with Crippen molar-refractivity contribution in [3.63, 3.8) is 0 Å². The SMILES string of the molecule is C[C@@H]1Cc2ccccc2N1C(=O)CCN1CCCCC1. The van der Waals surface area contributed by atoms with Crippen LogP contribution >= 0.6 is 0 Å². The Balaban J connectivity index is 1.62. The van der Waals surface area contributed by atoms with Gasteiger partial charge in [0.05, 0.1) is 0 Å². The van der Waals surface area contributed by atoms with Gasteiger partial charge in [0.15, 0.2) is 0 Å². The molecule has 0 bridgehead atoms. The fraction of sp³-hybridized carbons (Fsp3) is 0.588. The number of piperidine rings is 1. The van der Waals surface area contributed by atoms with Crippen LogP contribution in [0.4, 0.5) is 5.69 Å². The summed E-state index contributed by atoms with van der Waals surface area (Å²) in [5.74, 6) is 0.285. The number of benzene rings is 1. The highest BCUT2D eigenvalue weighted by atomic mass is 16.2. The molecule has 108 valence electrons. The standard InChI is InChI=1S/C17H24N2O/c1-14-13-15-7-3-4-8-16(15)19(14)17(20)9-12-18-10-5-2-6-11-18/h3-4,7-8,14H,2,5-6,9-13H2,1H3/t14-/m1/s1. The van der Waals surface area contributed by atoms with Crippen molar-refractivity contribution in [3.8, 4) is 0 Å². The normalized spacial score (nSPS) is 22.9. The van der Waals surface area contributed by atoms with Crippen molar-refractivity contribution in [2.75, 3.05) is 24.5 Å². The van der Waals surface area contributed by atoms with Gasteiger partial charge >= 0.3 is 0 Å². The summed E-state index contributed by atoms with van der Waals surface area (Å²) >= 11 is 0. The predicted molar refractivity (Wildman–Crippen MR) is 82.0 cm³/mol. The van der Waals surface area contributed by atoms with Crippen molar-refractivity contribution in [2.45, 2.75) is 45.1 Å². The van der Waals surface area contributed by atoms with E-state index in [0.29, 0.717) is 12.5 Å². The second-order valence-electron chi connectivity index (χ2n) is 6.10. The number of carbonyl (C=O) groups is 1. The third-order valence-corrected chi connectivity index (χ3v) is 4.57. The number of hydrogen-bond acceptors (Lipinski definition) is 2. The molecule has 3 heteroatoms. The van der Waals surface area contributed by atoms with E-state index >= 15 is 0 Å². The molecule has 1 aromatic rings. The third-order valence-electron chi connectivity index (χ3n) is 4.57. The molecule has 1 amide bonds. The predicted octanol–water partition coefficient (Wildman–Crippen LogP) is 2.84. The molecule has 3 nitrogen and oxygen atoms in total. The van der Waals surface area contributed by atoms with E-state index in [1.165, 1.54) is 37.9 Å². The first-order valence-electron chi connectivity index (χ1n) is 7.88. The molecule has 1 fully saturated rings. The maximum absolute atomic E-state index is 12.6. The number of anilines is 1. The Morgan fingerprint density at radius 2 is 1.95 bits per heavy atom. The molecular weight excluding hydrogens is 248 g/mol. The first-order valence-corrected chi connectivity index (χ1v) is 7.88. The lowest BCUT2D eigenvalue weighted by molar-refractivity contribution is -0.119. The minimum atomic E-state index is 0.285. The average Bonchev–Trinajstić information content (AvgIpc) is 2.82. The maximum Gasteiger partial charge on any atom is 0.228 e. The van der Waals surface area contributed by atoms with Gasteiger partial charge in [0, 0.05) is 24.7 Å². The van der Waals surface area contributed by atoms with Crippen molar-refractivity contribution in [3.05, 3.63) is 29.8 Å². The number of fused-ring (bicyclic) bond motifs is 1. The highest BCUT2D eigenvalue weighted by molar-refractivity contribution is 5.96. The third kappa shape index (κ3) is 2.73. The van der Waals surface area contributed by atoms with Gasteiger partial charge in [0.2, 0.25) is 5.91 Å². The molecule has 3 rings (SSSR count). The first kappa shape index (κ1) is 13.6. The fourth-order valence-corrected chi connectivity index (χ4v) is 3.50. The summed E-state index contributed by atoms with van der Waals surface area (Å²) in [7, 11) is 0. The molecule has 1 aromatic carbocycles. The van der Waals surface area contributed by atoms with Crippen LogP contribution in [-0.4, -0.2) is 36.5 Å². The number of carbonyl (C=O) groups excluding carboxylic acids is 1. The van der Waals surface area contributed by atoms with Crippen LogP contribution in [0.5, 0.6) is 0 Å². The highest BCUT2D eigenvalue weighted by Gasteiger charge is 2.30. The summed E-state index contributed by atoms with van der Waals surface area (Å²) in [6.45, 7) is 5.40. The van der Waals surface area contributed by atoms with Crippen LogP contribution in [0.3, 0.4) is 0 Å². The summed E-state index contributed by atoms with van der Waals surface area (Å²) in [5, 5.41) is 0. The largest absolute Gasteiger partial charge is 0.309 e. The number of nitrogens with zero attached hydrogens (tertiary/aromatic N) is 2. The molecule has 1 saturated heterocycles. The minimum Gasteiger partial charge on any atom is -0.309 e. The van der Waals surface area contributed by atoms with Crippen molar-refractivity contribution in [1.82, 2.24) is 4.90 Å². The van der Waals surface area contributed by atoms with Gasteiger partial charge in [-0.2, -0.15) is 0 Å². The van der Waals surface area contributed by atoms with Gasteiger partial charge in [-0.3, -0.25) is 4.79 Å². The van der Waals surface area contributed by atoms with Gasteiger partial charge < -0.3 is 9.80 Å². The van der Waals surface area contributed by atoms with Gasteiger partial charge in [-0.05, 0) is 50.9 Å². The van der Waals surface area contributed by atoms with Crippen LogP contribution < -0.4 is 4.90 Å². The van der Waals surface area contributed by atoms with Gasteiger partial charge in [0.1, 0.15) is 0 Å². The summed E-state index contributed by atoms with van der Waals surface area (Å²) in [5.41, 5.74) is 2.44. The molecule has 0 saturated carbocycles. The number of hydrogen-bond donors (Lipinski definition) is 0. The van der Waals surface area contributed by atoms with Crippen LogP contribution in [0, 0.1) is 0 Å². The van der Waals surface area contributed by atoms with Gasteiger partial charge in [-0.15, -0.1) is 0 Å². The van der Waals surface area contributed by atoms with Gasteiger partial charge in [-0.1, -0.05) is 24.6 Å². The van der Waals surface area contributed by atoms with Crippen molar-refractivity contribution in [2.24, 2.45) is 0 Å². The van der Waals surface area contributed by atoms with Crippen LogP contribution in [0.2, 0.25) is 0 Å². The van der Waals surface area contributed by atoms with Crippen LogP contribution in [0.1, 0.15) is 38.2 Å². The van der Waals surface area contributed by atoms with Gasteiger partial charge in [-0.25, -0.2) is 0 Å². The monoisotopic (exact) mass is 272 g/mol. The van der Waals surface area contributed by atoms with E-state index < -0.39 is 0 Å². The second-order valence-corrected chi connectivity index (χ2v) is 6.10. The van der Waals surface area contributed by atoms with E-state index in [-0.39, 0.29) is 5.91 Å². The molecule has 2 aliphatic rings. The number of para-hydroxylation sites is 1. The van der Waals surface area contributed by atoms with Crippen molar-refractivity contribution < 1.29 is 4.79 Å². The van der Waals surface area contributed by atoms with Gasteiger partial charge in [0.25, 0.3) is 0 Å². The Labute approximate surface area is 121 Å². The van der Waals surface area contributed by atoms with E-state index in [9.17, 15) is 4.79 Å². The molecule has 0 aromatic heterocycles. The summed E-state index contributed by atoms with van der Waals surface area (Å²) in [4.78, 5) is 17.0. The molecule has 1 atom stereocenters. The first-order chi connectivity index (χ1) is 9.75. The zero-order valence-corrected chi connectivity index (χ0v) is 12.3. The minimum absolute atomic E-state index is 0.285. The molecule has 2 aliphatic heterocycles. The lowest BCUT2D eigenvalue weighted by Crippen LogP contribution is -2.39. The smallest absolute Gasteiger partial charge is 0.228 e. The van der Waals surface area contributed by atoms with Crippen molar-refractivity contribution in [1.29, 1.82) is 0 Å². The Hall–Kier alpha value is -1.35. The van der Waals surface area contributed by atoms with Crippen LogP contribution in [0.15, 0.2) is 24.3 Å². The van der Waals surface area contributed by atoms with Crippen LogP contribution in [0.25, 0.3) is 0 Å². The number of likely N-dealkylation sites (tertiary alicyclic amines) is 1. The topological polar surface area (TPSA) is 23.6 Å². The molecule has 0 radical (unpaired) electrons. The summed E-state index contributed by atoms with van der Waals surface area (Å²) in [6, 6.07) is 8.62. The molecule has 20 heavy (non-hydrogen) atoms. The van der Waals surface area contributed by atoms with Crippen molar-refractivity contribution >= 4 is 11.6 Å². The Kier molecular flexibility index (Phi) is 4.06. The second kappa shape index (κ2) is 5.96. The average molecular weight is 272 g/mol. The quantitative estimate of drug-likeness (QED) is 0.844. The maximum atomic E-state index is 12.6. The Morgan fingerprint density at radius 1 is 1.20 bits per heavy atom. The molecule has 0 unspecified atom stereocenters. The number of amides is 1. The van der Waals surface area contributed by atoms with E-state index in [4.69, 9.17) is 0 Å². The summed E-state index contributed by atoms with van der Waals surface area (Å²) < 4.78 is 0. The number of rotatable bonds is 3. The molecular formula is C17H24N2O. The summed E-state index contributed by atoms with van der Waals surface area (Å²) in [6.07, 6.45) is 5.57. The zero-order chi connectivity index (χ0) is 13.9. The molecule has 0 N–H and O–H groups in total.